The maximum absolute atomic E-state index is 12.9. The lowest BCUT2D eigenvalue weighted by atomic mass is 9.55. The zero-order valence-corrected chi connectivity index (χ0v) is 19.5. The number of hydrogen-bond acceptors (Lipinski definition) is 6. The molecule has 6 unspecified atom stereocenters. The number of piperazine rings is 1. The van der Waals surface area contributed by atoms with Gasteiger partial charge >= 0.3 is 5.97 Å². The molecule has 2 aliphatic heterocycles. The van der Waals surface area contributed by atoms with Crippen molar-refractivity contribution in [3.8, 4) is 5.75 Å². The van der Waals surface area contributed by atoms with Crippen LogP contribution in [0, 0.1) is 23.2 Å². The standard InChI is InChI=1S/C26H36N2O4/c1-17-6-4-7-18-14-22-23(24(29)26(17,18)2)21(25(30)32-22)16-27-10-12-28(13-11-27)19-8-5-9-20(15-19)31-3/h5,7-9,15,17,21-24,29H,4,6,10-14,16H2,1-3H3. The first-order valence-electron chi connectivity index (χ1n) is 12.1. The third-order valence-corrected chi connectivity index (χ3v) is 8.82. The van der Waals surface area contributed by atoms with Crippen molar-refractivity contribution in [3.63, 3.8) is 0 Å². The van der Waals surface area contributed by atoms with Crippen molar-refractivity contribution in [1.82, 2.24) is 4.90 Å². The molecule has 1 N–H and O–H groups in total. The molecule has 0 bridgehead atoms. The van der Waals surface area contributed by atoms with E-state index in [2.05, 4.69) is 41.9 Å². The number of benzene rings is 1. The number of methoxy groups -OCH3 is 1. The molecular formula is C26H36N2O4. The fourth-order valence-electron chi connectivity index (χ4n) is 6.55. The van der Waals surface area contributed by atoms with Crippen LogP contribution >= 0.6 is 0 Å². The summed E-state index contributed by atoms with van der Waals surface area (Å²) >= 11 is 0. The maximum Gasteiger partial charge on any atom is 0.311 e. The first-order chi connectivity index (χ1) is 15.4. The van der Waals surface area contributed by atoms with Crippen molar-refractivity contribution in [1.29, 1.82) is 0 Å². The van der Waals surface area contributed by atoms with E-state index in [-0.39, 0.29) is 29.3 Å². The fourth-order valence-corrected chi connectivity index (χ4v) is 6.55. The van der Waals surface area contributed by atoms with Gasteiger partial charge in [-0.2, -0.15) is 0 Å². The average Bonchev–Trinajstić information content (AvgIpc) is 3.11. The minimum atomic E-state index is -0.530. The number of esters is 1. The molecule has 4 aliphatic rings. The van der Waals surface area contributed by atoms with Gasteiger partial charge in [0, 0.05) is 62.2 Å². The molecule has 174 valence electrons. The molecule has 2 saturated heterocycles. The van der Waals surface area contributed by atoms with Crippen molar-refractivity contribution >= 4 is 11.7 Å². The predicted octanol–water partition coefficient (Wildman–Crippen LogP) is 3.10. The number of allylic oxidation sites excluding steroid dienone is 1. The minimum Gasteiger partial charge on any atom is -0.497 e. The average molecular weight is 441 g/mol. The largest absolute Gasteiger partial charge is 0.497 e. The second kappa shape index (κ2) is 8.38. The van der Waals surface area contributed by atoms with E-state index in [0.29, 0.717) is 12.5 Å². The Hall–Kier alpha value is -2.05. The Morgan fingerprint density at radius 1 is 1.25 bits per heavy atom. The number of anilines is 1. The Morgan fingerprint density at radius 2 is 2.03 bits per heavy atom. The molecule has 1 aromatic rings. The van der Waals surface area contributed by atoms with Crippen LogP contribution in [0.15, 0.2) is 35.9 Å². The molecule has 5 rings (SSSR count). The van der Waals surface area contributed by atoms with Crippen LogP contribution in [0.4, 0.5) is 5.69 Å². The predicted molar refractivity (Wildman–Crippen MR) is 124 cm³/mol. The van der Waals surface area contributed by atoms with E-state index in [0.717, 1.165) is 51.2 Å². The second-order valence-electron chi connectivity index (χ2n) is 10.3. The number of rotatable bonds is 4. The van der Waals surface area contributed by atoms with Crippen LogP contribution in [0.1, 0.15) is 33.1 Å². The van der Waals surface area contributed by atoms with Gasteiger partial charge in [0.2, 0.25) is 0 Å². The van der Waals surface area contributed by atoms with E-state index in [4.69, 9.17) is 9.47 Å². The monoisotopic (exact) mass is 440 g/mol. The van der Waals surface area contributed by atoms with Crippen LogP contribution in [-0.4, -0.2) is 68.0 Å². The van der Waals surface area contributed by atoms with E-state index < -0.39 is 6.10 Å². The quantitative estimate of drug-likeness (QED) is 0.574. The molecule has 32 heavy (non-hydrogen) atoms. The molecule has 0 aromatic heterocycles. The van der Waals surface area contributed by atoms with Crippen molar-refractivity contribution in [2.24, 2.45) is 23.2 Å². The molecular weight excluding hydrogens is 404 g/mol. The summed E-state index contributed by atoms with van der Waals surface area (Å²) in [6.45, 7) is 8.74. The van der Waals surface area contributed by atoms with E-state index in [1.807, 2.05) is 12.1 Å². The number of ether oxygens (including phenoxy) is 2. The summed E-state index contributed by atoms with van der Waals surface area (Å²) in [5.41, 5.74) is 2.23. The summed E-state index contributed by atoms with van der Waals surface area (Å²) in [4.78, 5) is 17.6. The summed E-state index contributed by atoms with van der Waals surface area (Å²) in [5, 5.41) is 11.6. The molecule has 2 aliphatic carbocycles. The number of carbonyl (C=O) groups is 1. The lowest BCUT2D eigenvalue weighted by Crippen LogP contribution is -2.55. The summed E-state index contributed by atoms with van der Waals surface area (Å²) in [7, 11) is 1.69. The highest BCUT2D eigenvalue weighted by Gasteiger charge is 2.59. The summed E-state index contributed by atoms with van der Waals surface area (Å²) in [6.07, 6.45) is 4.53. The Balaban J connectivity index is 1.26. The van der Waals surface area contributed by atoms with Crippen LogP contribution < -0.4 is 9.64 Å². The molecule has 6 atom stereocenters. The van der Waals surface area contributed by atoms with E-state index in [1.165, 1.54) is 11.3 Å². The van der Waals surface area contributed by atoms with Crippen molar-refractivity contribution in [2.45, 2.75) is 45.3 Å². The lowest BCUT2D eigenvalue weighted by Gasteiger charge is -2.52. The molecule has 1 aromatic carbocycles. The number of hydrogen-bond donors (Lipinski definition) is 1. The van der Waals surface area contributed by atoms with Gasteiger partial charge in [-0.1, -0.05) is 31.6 Å². The molecule has 1 saturated carbocycles. The van der Waals surface area contributed by atoms with Crippen LogP contribution in [0.5, 0.6) is 5.75 Å². The van der Waals surface area contributed by atoms with Gasteiger partial charge in [0.25, 0.3) is 0 Å². The maximum atomic E-state index is 12.9. The third kappa shape index (κ3) is 3.52. The zero-order chi connectivity index (χ0) is 22.5. The Labute approximate surface area is 191 Å². The Kier molecular flexibility index (Phi) is 5.70. The normalized spacial score (nSPS) is 37.4. The second-order valence-corrected chi connectivity index (χ2v) is 10.3. The van der Waals surface area contributed by atoms with E-state index in [9.17, 15) is 9.90 Å². The van der Waals surface area contributed by atoms with Gasteiger partial charge in [-0.25, -0.2) is 0 Å². The smallest absolute Gasteiger partial charge is 0.311 e. The highest BCUT2D eigenvalue weighted by atomic mass is 16.6. The van der Waals surface area contributed by atoms with Crippen molar-refractivity contribution in [3.05, 3.63) is 35.9 Å². The summed E-state index contributed by atoms with van der Waals surface area (Å²) < 4.78 is 11.2. The Morgan fingerprint density at radius 3 is 2.78 bits per heavy atom. The minimum absolute atomic E-state index is 0.110. The molecule has 6 heteroatoms. The number of nitrogens with zero attached hydrogens (tertiary/aromatic N) is 2. The molecule has 6 nitrogen and oxygen atoms in total. The summed E-state index contributed by atoms with van der Waals surface area (Å²) in [6, 6.07) is 8.18. The van der Waals surface area contributed by atoms with Crippen LogP contribution in [0.25, 0.3) is 0 Å². The van der Waals surface area contributed by atoms with Gasteiger partial charge in [-0.15, -0.1) is 0 Å². The van der Waals surface area contributed by atoms with Crippen molar-refractivity contribution in [2.75, 3.05) is 44.7 Å². The first kappa shape index (κ1) is 21.8. The molecule has 0 spiro atoms. The molecule has 2 heterocycles. The number of carbonyl (C=O) groups excluding carboxylic acids is 1. The lowest BCUT2D eigenvalue weighted by molar-refractivity contribution is -0.145. The van der Waals surface area contributed by atoms with Gasteiger partial charge in [0.05, 0.1) is 19.1 Å². The van der Waals surface area contributed by atoms with E-state index in [1.54, 1.807) is 7.11 Å². The van der Waals surface area contributed by atoms with Gasteiger partial charge in [0.15, 0.2) is 0 Å². The van der Waals surface area contributed by atoms with Gasteiger partial charge in [-0.3, -0.25) is 9.69 Å². The van der Waals surface area contributed by atoms with Gasteiger partial charge < -0.3 is 19.5 Å². The van der Waals surface area contributed by atoms with Crippen LogP contribution in [0.2, 0.25) is 0 Å². The van der Waals surface area contributed by atoms with Gasteiger partial charge in [0.1, 0.15) is 11.9 Å². The van der Waals surface area contributed by atoms with Crippen LogP contribution in [0.3, 0.4) is 0 Å². The Bertz CT molecular complexity index is 894. The van der Waals surface area contributed by atoms with Gasteiger partial charge in [-0.05, 0) is 30.9 Å². The molecule has 0 radical (unpaired) electrons. The molecule has 3 fully saturated rings. The number of aliphatic hydroxyl groups is 1. The zero-order valence-electron chi connectivity index (χ0n) is 19.5. The highest BCUT2D eigenvalue weighted by molar-refractivity contribution is 5.76. The summed E-state index contributed by atoms with van der Waals surface area (Å²) in [5.74, 6) is 0.813. The molecule has 0 amide bonds. The van der Waals surface area contributed by atoms with Crippen LogP contribution in [-0.2, 0) is 9.53 Å². The number of aliphatic hydroxyl groups excluding tert-OH is 1. The topological polar surface area (TPSA) is 62.2 Å². The third-order valence-electron chi connectivity index (χ3n) is 8.82. The SMILES string of the molecule is COc1cccc(N2CCN(CC3C(=O)OC4CC5=CCCC(C)C5(C)C(O)C43)CC2)c1. The highest BCUT2D eigenvalue weighted by Crippen LogP contribution is 2.56. The van der Waals surface area contributed by atoms with E-state index >= 15 is 0 Å². The fraction of sp³-hybridized carbons (Fsp3) is 0.654. The first-order valence-corrected chi connectivity index (χ1v) is 12.1. The number of fused-ring (bicyclic) bond motifs is 2. The van der Waals surface area contributed by atoms with Crippen molar-refractivity contribution < 1.29 is 19.4 Å².